The van der Waals surface area contributed by atoms with Crippen LogP contribution in [0.15, 0.2) is 42.5 Å². The van der Waals surface area contributed by atoms with Crippen molar-refractivity contribution in [2.45, 2.75) is 39.7 Å². The molecule has 1 saturated heterocycles. The van der Waals surface area contributed by atoms with Crippen molar-refractivity contribution in [2.24, 2.45) is 7.05 Å². The van der Waals surface area contributed by atoms with Gasteiger partial charge in [0.1, 0.15) is 11.6 Å². The number of hydrogen-bond acceptors (Lipinski definition) is 6. The van der Waals surface area contributed by atoms with Crippen molar-refractivity contribution in [3.05, 3.63) is 48.2 Å². The van der Waals surface area contributed by atoms with Crippen molar-refractivity contribution in [3.8, 4) is 11.5 Å². The van der Waals surface area contributed by atoms with Gasteiger partial charge >= 0.3 is 0 Å². The van der Waals surface area contributed by atoms with Crippen LogP contribution in [0.4, 0.5) is 17.5 Å². The highest BCUT2D eigenvalue weighted by atomic mass is 16.3. The first-order chi connectivity index (χ1) is 15.6. The Balaban J connectivity index is 0.00000119. The van der Waals surface area contributed by atoms with Crippen LogP contribution in [0.5, 0.6) is 0 Å². The van der Waals surface area contributed by atoms with Gasteiger partial charge in [0.05, 0.1) is 11.8 Å². The molecular weight excluding hydrogens is 402 g/mol. The molecule has 8 heteroatoms. The fourth-order valence-electron chi connectivity index (χ4n) is 3.99. The van der Waals surface area contributed by atoms with E-state index in [0.717, 1.165) is 54.0 Å². The van der Waals surface area contributed by atoms with Gasteiger partial charge in [0, 0.05) is 48.9 Å². The molecule has 0 amide bonds. The average Bonchev–Trinajstić information content (AvgIpc) is 3.38. The summed E-state index contributed by atoms with van der Waals surface area (Å²) in [5.41, 5.74) is 3.07. The lowest BCUT2D eigenvalue weighted by Gasteiger charge is -2.30. The van der Waals surface area contributed by atoms with Crippen LogP contribution >= 0.6 is 0 Å². The van der Waals surface area contributed by atoms with E-state index in [1.54, 1.807) is 0 Å². The van der Waals surface area contributed by atoms with Gasteiger partial charge in [-0.05, 0) is 31.9 Å². The predicted octanol–water partition coefficient (Wildman–Crippen LogP) is 4.40. The van der Waals surface area contributed by atoms with E-state index in [0.29, 0.717) is 17.5 Å². The molecule has 0 bridgehead atoms. The number of para-hydroxylation sites is 1. The summed E-state index contributed by atoms with van der Waals surface area (Å²) in [6.45, 7) is 7.50. The highest BCUT2D eigenvalue weighted by molar-refractivity contribution is 5.86. The third kappa shape index (κ3) is 4.45. The van der Waals surface area contributed by atoms with Crippen LogP contribution in [0.1, 0.15) is 32.4 Å². The van der Waals surface area contributed by atoms with E-state index in [4.69, 9.17) is 9.97 Å². The minimum Gasteiger partial charge on any atom is -0.393 e. The van der Waals surface area contributed by atoms with Crippen molar-refractivity contribution < 1.29 is 5.11 Å². The minimum absolute atomic E-state index is 0.231. The fourth-order valence-corrected chi connectivity index (χ4v) is 3.99. The molecule has 3 aromatic heterocycles. The number of anilines is 3. The van der Waals surface area contributed by atoms with Crippen molar-refractivity contribution in [1.29, 1.82) is 0 Å². The molecule has 5 rings (SSSR count). The van der Waals surface area contributed by atoms with Crippen molar-refractivity contribution in [3.63, 3.8) is 0 Å². The molecule has 0 unspecified atom stereocenters. The third-order valence-electron chi connectivity index (χ3n) is 5.64. The number of aliphatic hydroxyl groups is 1. The number of H-pyrrole nitrogens is 1. The zero-order chi connectivity index (χ0) is 22.7. The Hall–Kier alpha value is -3.39. The van der Waals surface area contributed by atoms with Gasteiger partial charge in [0.25, 0.3) is 0 Å². The van der Waals surface area contributed by atoms with E-state index in [2.05, 4.69) is 43.2 Å². The molecule has 4 heterocycles. The zero-order valence-corrected chi connectivity index (χ0v) is 19.1. The number of hydrogen-bond donors (Lipinski definition) is 3. The lowest BCUT2D eigenvalue weighted by molar-refractivity contribution is 0.145. The first-order valence-corrected chi connectivity index (χ1v) is 11.2. The lowest BCUT2D eigenvalue weighted by Crippen LogP contribution is -2.36. The van der Waals surface area contributed by atoms with Gasteiger partial charge in [-0.15, -0.1) is 0 Å². The number of nitrogens with one attached hydrogen (secondary N) is 2. The van der Waals surface area contributed by atoms with Crippen molar-refractivity contribution >= 4 is 28.4 Å². The van der Waals surface area contributed by atoms with E-state index >= 15 is 0 Å². The van der Waals surface area contributed by atoms with Gasteiger partial charge in [0.2, 0.25) is 0 Å². The number of rotatable bonds is 4. The maximum Gasteiger partial charge on any atom is 0.180 e. The Morgan fingerprint density at radius 3 is 2.47 bits per heavy atom. The Kier molecular flexibility index (Phi) is 6.41. The molecule has 168 valence electrons. The monoisotopic (exact) mass is 433 g/mol. The second-order valence-electron chi connectivity index (χ2n) is 7.86. The van der Waals surface area contributed by atoms with E-state index in [9.17, 15) is 5.11 Å². The van der Waals surface area contributed by atoms with E-state index in [1.807, 2.05) is 52.1 Å². The highest BCUT2D eigenvalue weighted by Gasteiger charge is 2.21. The summed E-state index contributed by atoms with van der Waals surface area (Å²) in [7, 11) is 2.04. The number of aromatic amines is 1. The molecule has 32 heavy (non-hydrogen) atoms. The number of aliphatic hydroxyl groups excluding tert-OH is 1. The quantitative estimate of drug-likeness (QED) is 0.442. The first-order valence-electron chi connectivity index (χ1n) is 11.2. The largest absolute Gasteiger partial charge is 0.393 e. The van der Waals surface area contributed by atoms with E-state index in [1.165, 1.54) is 0 Å². The Morgan fingerprint density at radius 1 is 1.03 bits per heavy atom. The zero-order valence-electron chi connectivity index (χ0n) is 19.1. The van der Waals surface area contributed by atoms with Crippen molar-refractivity contribution in [1.82, 2.24) is 24.7 Å². The second-order valence-corrected chi connectivity index (χ2v) is 7.86. The van der Waals surface area contributed by atoms with Gasteiger partial charge in [-0.2, -0.15) is 5.10 Å². The topological polar surface area (TPSA) is 94.9 Å². The number of fused-ring (bicyclic) bond motifs is 1. The average molecular weight is 434 g/mol. The summed E-state index contributed by atoms with van der Waals surface area (Å²) < 4.78 is 2.12. The Labute approximate surface area is 188 Å². The summed E-state index contributed by atoms with van der Waals surface area (Å²) in [5, 5.41) is 21.6. The SMILES string of the molecule is CC.Cc1cc(Nc2cc(N3CCC(O)CC3)nc(-c3cc4ccccc4n3C)n2)n[nH]1. The molecule has 0 atom stereocenters. The molecule has 8 nitrogen and oxygen atoms in total. The molecule has 0 spiro atoms. The van der Waals surface area contributed by atoms with E-state index < -0.39 is 0 Å². The molecule has 1 aliphatic heterocycles. The number of nitrogens with zero attached hydrogens (tertiary/aromatic N) is 5. The summed E-state index contributed by atoms with van der Waals surface area (Å²) >= 11 is 0. The van der Waals surface area contributed by atoms with Crippen LogP contribution < -0.4 is 10.2 Å². The standard InChI is InChI=1S/C22H25N7O.C2H6/c1-14-11-20(27-26-14)23-19-13-21(29-9-7-16(30)8-10-29)25-22(24-19)18-12-15-5-3-4-6-17(15)28(18)2;1-2/h3-6,11-13,16,30H,7-10H2,1-2H3,(H2,23,24,25,26,27);1-2H3. The summed E-state index contributed by atoms with van der Waals surface area (Å²) in [5.74, 6) is 2.92. The molecule has 4 aromatic rings. The van der Waals surface area contributed by atoms with Crippen LogP contribution in [0.3, 0.4) is 0 Å². The molecule has 0 saturated carbocycles. The van der Waals surface area contributed by atoms with Crippen LogP contribution in [0.2, 0.25) is 0 Å². The number of benzene rings is 1. The Morgan fingerprint density at radius 2 is 1.78 bits per heavy atom. The lowest BCUT2D eigenvalue weighted by atomic mass is 10.1. The first kappa shape index (κ1) is 21.8. The number of aromatic nitrogens is 5. The normalized spacial score (nSPS) is 14.3. The van der Waals surface area contributed by atoms with Crippen LogP contribution in [-0.2, 0) is 7.05 Å². The molecular formula is C24H31N7O. The summed E-state index contributed by atoms with van der Waals surface area (Å²) in [6, 6.07) is 14.3. The van der Waals surface area contributed by atoms with Gasteiger partial charge in [0.15, 0.2) is 11.6 Å². The molecule has 1 aliphatic rings. The maximum absolute atomic E-state index is 9.89. The van der Waals surface area contributed by atoms with Gasteiger partial charge in [-0.25, -0.2) is 9.97 Å². The van der Waals surface area contributed by atoms with E-state index in [-0.39, 0.29) is 6.10 Å². The van der Waals surface area contributed by atoms with Crippen LogP contribution in [0.25, 0.3) is 22.4 Å². The predicted molar refractivity (Wildman–Crippen MR) is 129 cm³/mol. The molecule has 0 radical (unpaired) electrons. The molecule has 1 fully saturated rings. The smallest absolute Gasteiger partial charge is 0.180 e. The van der Waals surface area contributed by atoms with Crippen molar-refractivity contribution in [2.75, 3.05) is 23.3 Å². The third-order valence-corrected chi connectivity index (χ3v) is 5.64. The summed E-state index contributed by atoms with van der Waals surface area (Å²) in [4.78, 5) is 11.9. The Bertz CT molecular complexity index is 1190. The second kappa shape index (κ2) is 9.40. The maximum atomic E-state index is 9.89. The number of aryl methyl sites for hydroxylation is 2. The van der Waals surface area contributed by atoms with Crippen LogP contribution in [-0.4, -0.2) is 49.0 Å². The molecule has 3 N–H and O–H groups in total. The van der Waals surface area contributed by atoms with Gasteiger partial charge in [-0.3, -0.25) is 5.10 Å². The molecule has 0 aliphatic carbocycles. The van der Waals surface area contributed by atoms with Gasteiger partial charge < -0.3 is 19.9 Å². The van der Waals surface area contributed by atoms with Gasteiger partial charge in [-0.1, -0.05) is 32.0 Å². The minimum atomic E-state index is -0.231. The highest BCUT2D eigenvalue weighted by Crippen LogP contribution is 2.29. The fraction of sp³-hybridized carbons (Fsp3) is 0.375. The van der Waals surface area contributed by atoms with Crippen LogP contribution in [0, 0.1) is 6.92 Å². The molecule has 1 aromatic carbocycles. The number of piperidine rings is 1. The summed E-state index contributed by atoms with van der Waals surface area (Å²) in [6.07, 6.45) is 1.26.